The lowest BCUT2D eigenvalue weighted by atomic mass is 9.91. The molecule has 3 N–H and O–H groups in total. The lowest BCUT2D eigenvalue weighted by Gasteiger charge is -2.35. The summed E-state index contributed by atoms with van der Waals surface area (Å²) in [4.78, 5) is 2.45. The molecule has 0 saturated carbocycles. The van der Waals surface area contributed by atoms with Gasteiger partial charge in [0.25, 0.3) is 0 Å². The van der Waals surface area contributed by atoms with Crippen LogP contribution in [0.1, 0.15) is 31.4 Å². The number of hydrogen-bond donors (Lipinski definition) is 2. The number of hydrogen-bond acceptors (Lipinski definition) is 3. The first-order valence-electron chi connectivity index (χ1n) is 6.98. The SMILES string of the molecule is CC1CC(C)CN(Cc2ccc(/C(N)=N/O)cc2Cl)C1. The molecule has 4 nitrogen and oxygen atoms in total. The van der Waals surface area contributed by atoms with Gasteiger partial charge in [-0.15, -0.1) is 0 Å². The number of benzene rings is 1. The average molecular weight is 296 g/mol. The van der Waals surface area contributed by atoms with Crippen LogP contribution in [-0.2, 0) is 6.54 Å². The number of halogens is 1. The van der Waals surface area contributed by atoms with Crippen LogP contribution in [0.25, 0.3) is 0 Å². The van der Waals surface area contributed by atoms with E-state index in [2.05, 4.69) is 23.9 Å². The lowest BCUT2D eigenvalue weighted by molar-refractivity contribution is 0.134. The van der Waals surface area contributed by atoms with E-state index >= 15 is 0 Å². The summed E-state index contributed by atoms with van der Waals surface area (Å²) in [5.41, 5.74) is 7.29. The van der Waals surface area contributed by atoms with E-state index in [0.717, 1.165) is 37.0 Å². The summed E-state index contributed by atoms with van der Waals surface area (Å²) < 4.78 is 0. The number of oxime groups is 1. The second kappa shape index (κ2) is 6.46. The van der Waals surface area contributed by atoms with Crippen LogP contribution in [0.4, 0.5) is 0 Å². The van der Waals surface area contributed by atoms with Gasteiger partial charge in [-0.25, -0.2) is 0 Å². The third-order valence-corrected chi connectivity index (χ3v) is 4.15. The van der Waals surface area contributed by atoms with Crippen molar-refractivity contribution >= 4 is 17.4 Å². The molecule has 1 heterocycles. The van der Waals surface area contributed by atoms with Crippen LogP contribution in [0.3, 0.4) is 0 Å². The van der Waals surface area contributed by atoms with E-state index < -0.39 is 0 Å². The molecule has 0 radical (unpaired) electrons. The maximum absolute atomic E-state index is 8.68. The maximum Gasteiger partial charge on any atom is 0.170 e. The zero-order valence-electron chi connectivity index (χ0n) is 12.0. The zero-order chi connectivity index (χ0) is 14.7. The van der Waals surface area contributed by atoms with Crippen molar-refractivity contribution in [3.8, 4) is 0 Å². The highest BCUT2D eigenvalue weighted by Gasteiger charge is 2.22. The maximum atomic E-state index is 8.68. The molecule has 1 aliphatic heterocycles. The van der Waals surface area contributed by atoms with Crippen LogP contribution < -0.4 is 5.73 Å². The molecule has 0 spiro atoms. The predicted octanol–water partition coefficient (Wildman–Crippen LogP) is 2.91. The minimum absolute atomic E-state index is 0.0821. The van der Waals surface area contributed by atoms with E-state index in [9.17, 15) is 0 Å². The Hall–Kier alpha value is -1.26. The monoisotopic (exact) mass is 295 g/mol. The Labute approximate surface area is 125 Å². The van der Waals surface area contributed by atoms with Gasteiger partial charge in [0.1, 0.15) is 0 Å². The van der Waals surface area contributed by atoms with Crippen LogP contribution in [0, 0.1) is 11.8 Å². The molecule has 1 aromatic rings. The van der Waals surface area contributed by atoms with Gasteiger partial charge in [0.05, 0.1) is 0 Å². The molecule has 1 aliphatic rings. The number of piperidine rings is 1. The highest BCUT2D eigenvalue weighted by Crippen LogP contribution is 2.25. The van der Waals surface area contributed by atoms with Crippen molar-refractivity contribution in [3.63, 3.8) is 0 Å². The molecule has 0 aliphatic carbocycles. The minimum Gasteiger partial charge on any atom is -0.409 e. The minimum atomic E-state index is 0.0821. The summed E-state index contributed by atoms with van der Waals surface area (Å²) in [5.74, 6) is 1.54. The van der Waals surface area contributed by atoms with Crippen molar-refractivity contribution in [2.75, 3.05) is 13.1 Å². The molecule has 1 fully saturated rings. The Balaban J connectivity index is 2.10. The molecule has 0 bridgehead atoms. The molecule has 20 heavy (non-hydrogen) atoms. The molecule has 2 rings (SSSR count). The summed E-state index contributed by atoms with van der Waals surface area (Å²) in [6, 6.07) is 5.55. The standard InChI is InChI=1S/C15H22ClN3O/c1-10-5-11(2)8-19(7-10)9-13-4-3-12(6-14(13)16)15(17)18-20/h3-4,6,10-11,20H,5,7-9H2,1-2H3,(H2,17,18). The molecule has 2 unspecified atom stereocenters. The zero-order valence-corrected chi connectivity index (χ0v) is 12.8. The Bertz CT molecular complexity index is 494. The number of rotatable bonds is 3. The first-order chi connectivity index (χ1) is 9.49. The second-order valence-electron chi connectivity index (χ2n) is 5.93. The van der Waals surface area contributed by atoms with Crippen LogP contribution in [0.2, 0.25) is 5.02 Å². The number of likely N-dealkylation sites (tertiary alicyclic amines) is 1. The van der Waals surface area contributed by atoms with Gasteiger partial charge in [0.2, 0.25) is 0 Å². The molecule has 5 heteroatoms. The molecule has 110 valence electrons. The molecule has 1 saturated heterocycles. The Kier molecular flexibility index (Phi) is 4.89. The molecule has 0 amide bonds. The van der Waals surface area contributed by atoms with Gasteiger partial charge in [-0.05, 0) is 29.9 Å². The van der Waals surface area contributed by atoms with Gasteiger partial charge in [-0.3, -0.25) is 4.90 Å². The normalized spacial score (nSPS) is 24.9. The van der Waals surface area contributed by atoms with E-state index in [1.807, 2.05) is 12.1 Å². The summed E-state index contributed by atoms with van der Waals surface area (Å²) in [7, 11) is 0. The van der Waals surface area contributed by atoms with E-state index in [0.29, 0.717) is 10.6 Å². The van der Waals surface area contributed by atoms with Crippen molar-refractivity contribution < 1.29 is 5.21 Å². The molecule has 2 atom stereocenters. The van der Waals surface area contributed by atoms with Gasteiger partial charge in [-0.2, -0.15) is 0 Å². The first-order valence-corrected chi connectivity index (χ1v) is 7.36. The predicted molar refractivity (Wildman–Crippen MR) is 82.2 cm³/mol. The van der Waals surface area contributed by atoms with Crippen molar-refractivity contribution in [1.29, 1.82) is 0 Å². The first kappa shape index (κ1) is 15.1. The second-order valence-corrected chi connectivity index (χ2v) is 6.34. The van der Waals surface area contributed by atoms with Crippen LogP contribution in [-0.4, -0.2) is 29.0 Å². The quantitative estimate of drug-likeness (QED) is 0.390. The van der Waals surface area contributed by atoms with Gasteiger partial charge < -0.3 is 10.9 Å². The highest BCUT2D eigenvalue weighted by atomic mass is 35.5. The Morgan fingerprint density at radius 1 is 1.40 bits per heavy atom. The third kappa shape index (κ3) is 3.64. The van der Waals surface area contributed by atoms with Crippen LogP contribution in [0.5, 0.6) is 0 Å². The van der Waals surface area contributed by atoms with E-state index in [4.69, 9.17) is 22.5 Å². The van der Waals surface area contributed by atoms with Crippen molar-refractivity contribution in [2.45, 2.75) is 26.8 Å². The van der Waals surface area contributed by atoms with Crippen LogP contribution >= 0.6 is 11.6 Å². The topological polar surface area (TPSA) is 61.8 Å². The molecule has 0 aromatic heterocycles. The summed E-state index contributed by atoms with van der Waals surface area (Å²) in [6.07, 6.45) is 1.30. The van der Waals surface area contributed by atoms with Crippen molar-refractivity contribution in [1.82, 2.24) is 4.90 Å². The summed E-state index contributed by atoms with van der Waals surface area (Å²) in [5, 5.41) is 12.3. The lowest BCUT2D eigenvalue weighted by Crippen LogP contribution is -2.38. The molecular formula is C15H22ClN3O. The van der Waals surface area contributed by atoms with Gasteiger partial charge in [-0.1, -0.05) is 42.7 Å². The van der Waals surface area contributed by atoms with Gasteiger partial charge in [0, 0.05) is 30.2 Å². The van der Waals surface area contributed by atoms with E-state index in [-0.39, 0.29) is 5.84 Å². The fourth-order valence-electron chi connectivity index (χ4n) is 3.05. The largest absolute Gasteiger partial charge is 0.409 e. The van der Waals surface area contributed by atoms with Gasteiger partial charge in [0.15, 0.2) is 5.84 Å². The summed E-state index contributed by atoms with van der Waals surface area (Å²) >= 11 is 6.30. The summed E-state index contributed by atoms with van der Waals surface area (Å²) in [6.45, 7) is 7.67. The fourth-order valence-corrected chi connectivity index (χ4v) is 3.29. The third-order valence-electron chi connectivity index (χ3n) is 3.80. The van der Waals surface area contributed by atoms with E-state index in [1.165, 1.54) is 6.42 Å². The van der Waals surface area contributed by atoms with Crippen LogP contribution in [0.15, 0.2) is 23.4 Å². The number of amidine groups is 1. The van der Waals surface area contributed by atoms with Crippen molar-refractivity contribution in [2.24, 2.45) is 22.7 Å². The number of nitrogens with zero attached hydrogens (tertiary/aromatic N) is 2. The average Bonchev–Trinajstić information content (AvgIpc) is 2.39. The van der Waals surface area contributed by atoms with Crippen molar-refractivity contribution in [3.05, 3.63) is 34.3 Å². The van der Waals surface area contributed by atoms with E-state index in [1.54, 1.807) is 6.07 Å². The highest BCUT2D eigenvalue weighted by molar-refractivity contribution is 6.31. The number of nitrogens with two attached hydrogens (primary N) is 1. The van der Waals surface area contributed by atoms with Gasteiger partial charge >= 0.3 is 0 Å². The Morgan fingerprint density at radius 3 is 2.60 bits per heavy atom. The smallest absolute Gasteiger partial charge is 0.170 e. The molecule has 1 aromatic carbocycles. The molecular weight excluding hydrogens is 274 g/mol. The fraction of sp³-hybridized carbons (Fsp3) is 0.533. The Morgan fingerprint density at radius 2 is 2.05 bits per heavy atom.